The molecular weight excluding hydrogens is 436 g/mol. The van der Waals surface area contributed by atoms with Gasteiger partial charge in [0.25, 0.3) is 5.91 Å². The molecule has 1 unspecified atom stereocenters. The molecule has 0 aromatic heterocycles. The Morgan fingerprint density at radius 3 is 2.68 bits per heavy atom. The third kappa shape index (κ3) is 4.73. The summed E-state index contributed by atoms with van der Waals surface area (Å²) in [6.45, 7) is 5.53. The van der Waals surface area contributed by atoms with Crippen LogP contribution in [0.25, 0.3) is 0 Å². The third-order valence-electron chi connectivity index (χ3n) is 6.86. The van der Waals surface area contributed by atoms with E-state index >= 15 is 0 Å². The minimum Gasteiger partial charge on any atom is -0.493 e. The zero-order valence-electron chi connectivity index (χ0n) is 19.9. The number of hydrogen-bond acceptors (Lipinski definition) is 7. The van der Waals surface area contributed by atoms with Gasteiger partial charge in [0.1, 0.15) is 5.75 Å². The summed E-state index contributed by atoms with van der Waals surface area (Å²) in [5.41, 5.74) is 1.82. The summed E-state index contributed by atoms with van der Waals surface area (Å²) in [5, 5.41) is 0. The van der Waals surface area contributed by atoms with E-state index in [1.165, 1.54) is 0 Å². The molecule has 34 heavy (non-hydrogen) atoms. The van der Waals surface area contributed by atoms with E-state index in [1.807, 2.05) is 35.2 Å². The molecule has 8 nitrogen and oxygen atoms in total. The van der Waals surface area contributed by atoms with Gasteiger partial charge in [0.2, 0.25) is 6.79 Å². The molecule has 5 rings (SSSR count). The highest BCUT2D eigenvalue weighted by Gasteiger charge is 2.31. The standard InChI is InChI=1S/C26H32N2O6/c1-30-22-5-4-20(13-23(22)31-2)32-11-3-8-27-9-6-18(15-27)16-28-10-7-19-12-24-25(34-17-33-24)14-21(19)26(28)29/h4-5,12-14,18H,3,6-11,15-17H2,1-2H3. The lowest BCUT2D eigenvalue weighted by atomic mass is 9.97. The van der Waals surface area contributed by atoms with Crippen LogP contribution in [0.3, 0.4) is 0 Å². The summed E-state index contributed by atoms with van der Waals surface area (Å²) in [5.74, 6) is 4.19. The van der Waals surface area contributed by atoms with Crippen molar-refractivity contribution in [3.8, 4) is 28.7 Å². The van der Waals surface area contributed by atoms with Crippen LogP contribution in [0.5, 0.6) is 28.7 Å². The molecule has 1 fully saturated rings. The maximum absolute atomic E-state index is 13.1. The van der Waals surface area contributed by atoms with Crippen LogP contribution in [0.4, 0.5) is 0 Å². The number of rotatable bonds is 9. The SMILES string of the molecule is COc1ccc(OCCCN2CCC(CN3CCc4cc5c(cc4C3=O)OCO5)C2)cc1OC. The van der Waals surface area contributed by atoms with Crippen LogP contribution in [0.1, 0.15) is 28.8 Å². The third-order valence-corrected chi connectivity index (χ3v) is 6.86. The number of methoxy groups -OCH3 is 2. The normalized spacial score (nSPS) is 19.3. The first kappa shape index (κ1) is 22.7. The Bertz CT molecular complexity index is 1040. The summed E-state index contributed by atoms with van der Waals surface area (Å²) in [7, 11) is 3.24. The van der Waals surface area contributed by atoms with Crippen LogP contribution >= 0.6 is 0 Å². The molecular formula is C26H32N2O6. The quantitative estimate of drug-likeness (QED) is 0.524. The van der Waals surface area contributed by atoms with E-state index in [-0.39, 0.29) is 12.7 Å². The van der Waals surface area contributed by atoms with Crippen LogP contribution in [0.15, 0.2) is 30.3 Å². The zero-order valence-corrected chi connectivity index (χ0v) is 19.9. The van der Waals surface area contributed by atoms with Gasteiger partial charge in [-0.05, 0) is 61.6 Å². The maximum atomic E-state index is 13.1. The Morgan fingerprint density at radius 2 is 1.85 bits per heavy atom. The van der Waals surface area contributed by atoms with E-state index in [0.717, 1.165) is 74.6 Å². The number of fused-ring (bicyclic) bond motifs is 2. The van der Waals surface area contributed by atoms with Crippen LogP contribution in [0, 0.1) is 5.92 Å². The lowest BCUT2D eigenvalue weighted by Crippen LogP contribution is -2.41. The molecule has 1 atom stereocenters. The fourth-order valence-corrected chi connectivity index (χ4v) is 5.05. The van der Waals surface area contributed by atoms with Crippen molar-refractivity contribution in [1.82, 2.24) is 9.80 Å². The average Bonchev–Trinajstić information content (AvgIpc) is 3.51. The van der Waals surface area contributed by atoms with Crippen molar-refractivity contribution in [3.63, 3.8) is 0 Å². The maximum Gasteiger partial charge on any atom is 0.254 e. The van der Waals surface area contributed by atoms with Crippen molar-refractivity contribution in [2.24, 2.45) is 5.92 Å². The number of carbonyl (C=O) groups excluding carboxylic acids is 1. The number of nitrogens with zero attached hydrogens (tertiary/aromatic N) is 2. The van der Waals surface area contributed by atoms with Gasteiger partial charge in [-0.15, -0.1) is 0 Å². The van der Waals surface area contributed by atoms with Gasteiger partial charge in [-0.2, -0.15) is 0 Å². The van der Waals surface area contributed by atoms with Gasteiger partial charge in [-0.1, -0.05) is 0 Å². The highest BCUT2D eigenvalue weighted by atomic mass is 16.7. The molecule has 1 amide bonds. The van der Waals surface area contributed by atoms with Crippen molar-refractivity contribution >= 4 is 5.91 Å². The average molecular weight is 469 g/mol. The summed E-state index contributed by atoms with van der Waals surface area (Å²) in [6.07, 6.45) is 2.93. The van der Waals surface area contributed by atoms with Crippen LogP contribution in [-0.4, -0.2) is 76.1 Å². The summed E-state index contributed by atoms with van der Waals surface area (Å²) < 4.78 is 27.4. The fourth-order valence-electron chi connectivity index (χ4n) is 5.05. The Labute approximate surface area is 200 Å². The molecule has 1 saturated heterocycles. The first-order valence-electron chi connectivity index (χ1n) is 11.9. The lowest BCUT2D eigenvalue weighted by molar-refractivity contribution is 0.0712. The highest BCUT2D eigenvalue weighted by Crippen LogP contribution is 2.37. The lowest BCUT2D eigenvalue weighted by Gasteiger charge is -2.31. The van der Waals surface area contributed by atoms with Crippen LogP contribution in [0.2, 0.25) is 0 Å². The molecule has 3 aliphatic rings. The van der Waals surface area contributed by atoms with Gasteiger partial charge in [-0.3, -0.25) is 4.79 Å². The fraction of sp³-hybridized carbons (Fsp3) is 0.500. The Kier molecular flexibility index (Phi) is 6.67. The van der Waals surface area contributed by atoms with Crippen molar-refractivity contribution in [3.05, 3.63) is 41.5 Å². The van der Waals surface area contributed by atoms with Crippen molar-refractivity contribution in [2.45, 2.75) is 19.3 Å². The highest BCUT2D eigenvalue weighted by molar-refractivity contribution is 5.97. The molecule has 2 aromatic rings. The molecule has 3 aliphatic heterocycles. The number of ether oxygens (including phenoxy) is 5. The van der Waals surface area contributed by atoms with E-state index < -0.39 is 0 Å². The van der Waals surface area contributed by atoms with Gasteiger partial charge in [0.15, 0.2) is 23.0 Å². The monoisotopic (exact) mass is 468 g/mol. The molecule has 2 aromatic carbocycles. The summed E-state index contributed by atoms with van der Waals surface area (Å²) in [4.78, 5) is 17.6. The second-order valence-corrected chi connectivity index (χ2v) is 9.04. The van der Waals surface area contributed by atoms with Crippen LogP contribution < -0.4 is 23.7 Å². The Morgan fingerprint density at radius 1 is 1.03 bits per heavy atom. The van der Waals surface area contributed by atoms with Crippen molar-refractivity contribution in [1.29, 1.82) is 0 Å². The van der Waals surface area contributed by atoms with Gasteiger partial charge in [-0.25, -0.2) is 0 Å². The Balaban J connectivity index is 1.07. The van der Waals surface area contributed by atoms with E-state index in [9.17, 15) is 4.79 Å². The predicted molar refractivity (Wildman–Crippen MR) is 126 cm³/mol. The van der Waals surface area contributed by atoms with Gasteiger partial charge >= 0.3 is 0 Å². The number of amides is 1. The van der Waals surface area contributed by atoms with Crippen molar-refractivity contribution in [2.75, 3.05) is 60.3 Å². The van der Waals surface area contributed by atoms with E-state index in [2.05, 4.69) is 4.90 Å². The van der Waals surface area contributed by atoms with E-state index in [1.54, 1.807) is 14.2 Å². The van der Waals surface area contributed by atoms with E-state index in [0.29, 0.717) is 29.8 Å². The molecule has 3 heterocycles. The largest absolute Gasteiger partial charge is 0.493 e. The topological polar surface area (TPSA) is 69.7 Å². The van der Waals surface area contributed by atoms with Crippen LogP contribution in [-0.2, 0) is 6.42 Å². The first-order valence-corrected chi connectivity index (χ1v) is 11.9. The van der Waals surface area contributed by atoms with Gasteiger partial charge in [0.05, 0.1) is 20.8 Å². The predicted octanol–water partition coefficient (Wildman–Crippen LogP) is 3.22. The number of benzene rings is 2. The number of carbonyl (C=O) groups is 1. The van der Waals surface area contributed by atoms with E-state index in [4.69, 9.17) is 23.7 Å². The second-order valence-electron chi connectivity index (χ2n) is 9.04. The molecule has 0 aliphatic carbocycles. The summed E-state index contributed by atoms with van der Waals surface area (Å²) in [6, 6.07) is 9.42. The molecule has 0 N–H and O–H groups in total. The Hall–Kier alpha value is -3.13. The van der Waals surface area contributed by atoms with Gasteiger partial charge < -0.3 is 33.5 Å². The zero-order chi connectivity index (χ0) is 23.5. The summed E-state index contributed by atoms with van der Waals surface area (Å²) >= 11 is 0. The molecule has 0 radical (unpaired) electrons. The van der Waals surface area contributed by atoms with Gasteiger partial charge in [0, 0.05) is 37.8 Å². The second kappa shape index (κ2) is 10.0. The smallest absolute Gasteiger partial charge is 0.254 e. The van der Waals surface area contributed by atoms with Crippen molar-refractivity contribution < 1.29 is 28.5 Å². The minimum atomic E-state index is 0.112. The number of hydrogen-bond donors (Lipinski definition) is 0. The molecule has 0 bridgehead atoms. The first-order chi connectivity index (χ1) is 16.6. The molecule has 182 valence electrons. The minimum absolute atomic E-state index is 0.112. The molecule has 0 spiro atoms. The molecule has 8 heteroatoms. The number of likely N-dealkylation sites (tertiary alicyclic amines) is 1. The molecule has 0 saturated carbocycles.